The molecule has 0 saturated carbocycles. The third-order valence-electron chi connectivity index (χ3n) is 6.46. The van der Waals surface area contributed by atoms with Gasteiger partial charge in [0, 0.05) is 31.7 Å². The number of aromatic nitrogens is 1. The van der Waals surface area contributed by atoms with Crippen molar-refractivity contribution in [2.45, 2.75) is 73.0 Å². The summed E-state index contributed by atoms with van der Waals surface area (Å²) in [6, 6.07) is 7.31. The zero-order chi connectivity index (χ0) is 28.4. The standard InChI is InChI=1S/C29H38FNO7/c1-8-20(9-2)27(38-22-12-10-11-21(30)15-22)18(5)36-29(34)23(17(3)4)16-24(33)26-28(37-19(6)32)25(35-7)13-14-31-26/h10-15,17-18,20,23,27H,8-9,16H2,1-7H3/t18-,23-,27-/m0/s1. The SMILES string of the molecule is CCC(CC)[C@@H](Oc1cccc(F)c1)[C@H](C)OC(=O)[C@@H](CC(=O)c1nccc(OC)c1OC(C)=O)C(C)C. The first-order valence-electron chi connectivity index (χ1n) is 12.9. The van der Waals surface area contributed by atoms with Crippen LogP contribution in [0.1, 0.15) is 71.3 Å². The predicted octanol–water partition coefficient (Wildman–Crippen LogP) is 5.82. The monoisotopic (exact) mass is 531 g/mol. The highest BCUT2D eigenvalue weighted by atomic mass is 19.1. The molecule has 8 nitrogen and oxygen atoms in total. The topological polar surface area (TPSA) is 101 Å². The van der Waals surface area contributed by atoms with Crippen molar-refractivity contribution in [3.8, 4) is 17.2 Å². The minimum absolute atomic E-state index is 0.0486. The molecule has 0 radical (unpaired) electrons. The number of carbonyl (C=O) groups excluding carboxylic acids is 3. The number of Topliss-reactive ketones (excluding diaryl/α,β-unsaturated/α-hetero) is 1. The number of methoxy groups -OCH3 is 1. The summed E-state index contributed by atoms with van der Waals surface area (Å²) in [5.41, 5.74) is -0.101. The van der Waals surface area contributed by atoms with Crippen LogP contribution in [0.5, 0.6) is 17.2 Å². The first-order valence-corrected chi connectivity index (χ1v) is 12.9. The number of pyridine rings is 1. The van der Waals surface area contributed by atoms with Gasteiger partial charge in [-0.1, -0.05) is 33.8 Å². The van der Waals surface area contributed by atoms with E-state index in [0.717, 1.165) is 12.8 Å². The number of esters is 2. The van der Waals surface area contributed by atoms with E-state index >= 15 is 0 Å². The van der Waals surface area contributed by atoms with Gasteiger partial charge >= 0.3 is 11.9 Å². The van der Waals surface area contributed by atoms with Crippen LogP contribution in [0, 0.1) is 23.6 Å². The van der Waals surface area contributed by atoms with Crippen LogP contribution < -0.4 is 14.2 Å². The van der Waals surface area contributed by atoms with Crippen molar-refractivity contribution in [3.05, 3.63) is 48.0 Å². The number of carbonyl (C=O) groups is 3. The van der Waals surface area contributed by atoms with Gasteiger partial charge in [-0.05, 0) is 43.7 Å². The molecule has 0 bridgehead atoms. The Hall–Kier alpha value is -3.49. The number of benzene rings is 1. The smallest absolute Gasteiger partial charge is 0.310 e. The van der Waals surface area contributed by atoms with Crippen molar-refractivity contribution in [2.75, 3.05) is 7.11 Å². The molecule has 38 heavy (non-hydrogen) atoms. The molecule has 208 valence electrons. The van der Waals surface area contributed by atoms with E-state index in [1.807, 2.05) is 27.7 Å². The number of ketones is 1. The van der Waals surface area contributed by atoms with E-state index in [2.05, 4.69) is 4.98 Å². The van der Waals surface area contributed by atoms with Gasteiger partial charge in [-0.15, -0.1) is 0 Å². The van der Waals surface area contributed by atoms with Gasteiger partial charge in [-0.25, -0.2) is 9.37 Å². The number of rotatable bonds is 14. The normalized spacial score (nSPS) is 13.5. The number of hydrogen-bond acceptors (Lipinski definition) is 8. The van der Waals surface area contributed by atoms with E-state index in [1.54, 1.807) is 19.1 Å². The number of nitrogens with zero attached hydrogens (tertiary/aromatic N) is 1. The van der Waals surface area contributed by atoms with Gasteiger partial charge in [0.2, 0.25) is 5.75 Å². The lowest BCUT2D eigenvalue weighted by atomic mass is 9.89. The Labute approximate surface area is 223 Å². The van der Waals surface area contributed by atoms with E-state index in [4.69, 9.17) is 18.9 Å². The molecule has 0 unspecified atom stereocenters. The summed E-state index contributed by atoms with van der Waals surface area (Å²) in [5.74, 6) is -2.65. The highest BCUT2D eigenvalue weighted by Crippen LogP contribution is 2.32. The van der Waals surface area contributed by atoms with Crippen LogP contribution in [0.3, 0.4) is 0 Å². The summed E-state index contributed by atoms with van der Waals surface area (Å²) < 4.78 is 36.1. The summed E-state index contributed by atoms with van der Waals surface area (Å²) in [5, 5.41) is 0. The fourth-order valence-corrected chi connectivity index (χ4v) is 4.28. The Morgan fingerprint density at radius 2 is 1.74 bits per heavy atom. The lowest BCUT2D eigenvalue weighted by Crippen LogP contribution is -2.41. The van der Waals surface area contributed by atoms with Crippen LogP contribution in [-0.4, -0.2) is 42.0 Å². The maximum Gasteiger partial charge on any atom is 0.310 e. The van der Waals surface area contributed by atoms with Crippen LogP contribution in [0.25, 0.3) is 0 Å². The van der Waals surface area contributed by atoms with Crippen LogP contribution in [0.4, 0.5) is 4.39 Å². The van der Waals surface area contributed by atoms with Crippen molar-refractivity contribution in [1.82, 2.24) is 4.98 Å². The molecule has 2 rings (SSSR count). The van der Waals surface area contributed by atoms with Gasteiger partial charge in [-0.3, -0.25) is 14.4 Å². The van der Waals surface area contributed by atoms with E-state index in [1.165, 1.54) is 38.4 Å². The summed E-state index contributed by atoms with van der Waals surface area (Å²) in [6.07, 6.45) is 1.51. The minimum atomic E-state index is -0.792. The fourth-order valence-electron chi connectivity index (χ4n) is 4.28. The van der Waals surface area contributed by atoms with E-state index in [0.29, 0.717) is 5.75 Å². The van der Waals surface area contributed by atoms with Gasteiger partial charge in [0.25, 0.3) is 0 Å². The van der Waals surface area contributed by atoms with Crippen molar-refractivity contribution >= 4 is 17.7 Å². The second kappa shape index (κ2) is 14.4. The summed E-state index contributed by atoms with van der Waals surface area (Å²) >= 11 is 0. The van der Waals surface area contributed by atoms with Gasteiger partial charge in [0.05, 0.1) is 13.0 Å². The molecule has 0 amide bonds. The van der Waals surface area contributed by atoms with Crippen LogP contribution in [0.2, 0.25) is 0 Å². The zero-order valence-corrected chi connectivity index (χ0v) is 23.2. The second-order valence-electron chi connectivity index (χ2n) is 9.52. The molecule has 1 heterocycles. The Morgan fingerprint density at radius 3 is 2.29 bits per heavy atom. The van der Waals surface area contributed by atoms with Crippen molar-refractivity contribution in [1.29, 1.82) is 0 Å². The van der Waals surface area contributed by atoms with Crippen molar-refractivity contribution in [2.24, 2.45) is 17.8 Å². The van der Waals surface area contributed by atoms with E-state index in [9.17, 15) is 18.8 Å². The van der Waals surface area contributed by atoms with Gasteiger partial charge < -0.3 is 18.9 Å². The molecule has 3 atom stereocenters. The van der Waals surface area contributed by atoms with Crippen LogP contribution in [0.15, 0.2) is 36.5 Å². The lowest BCUT2D eigenvalue weighted by molar-refractivity contribution is -0.161. The first-order chi connectivity index (χ1) is 18.0. The molecule has 0 saturated heterocycles. The fraction of sp³-hybridized carbons (Fsp3) is 0.517. The molecule has 0 aliphatic carbocycles. The molecule has 0 fully saturated rings. The number of halogens is 1. The molecule has 0 aliphatic heterocycles. The third kappa shape index (κ3) is 8.26. The van der Waals surface area contributed by atoms with Gasteiger partial charge in [0.1, 0.15) is 23.8 Å². The Kier molecular flexibility index (Phi) is 11.7. The quantitative estimate of drug-likeness (QED) is 0.222. The van der Waals surface area contributed by atoms with Gasteiger partial charge in [-0.2, -0.15) is 0 Å². The Morgan fingerprint density at radius 1 is 1.05 bits per heavy atom. The molecule has 1 aromatic carbocycles. The predicted molar refractivity (Wildman–Crippen MR) is 140 cm³/mol. The lowest BCUT2D eigenvalue weighted by Gasteiger charge is -2.32. The van der Waals surface area contributed by atoms with Gasteiger partial charge in [0.15, 0.2) is 17.2 Å². The second-order valence-corrected chi connectivity index (χ2v) is 9.52. The average molecular weight is 532 g/mol. The van der Waals surface area contributed by atoms with E-state index < -0.39 is 41.7 Å². The van der Waals surface area contributed by atoms with Crippen LogP contribution >= 0.6 is 0 Å². The first kappa shape index (κ1) is 30.7. The molecule has 0 spiro atoms. The number of hydrogen-bond donors (Lipinski definition) is 0. The maximum atomic E-state index is 13.8. The third-order valence-corrected chi connectivity index (χ3v) is 6.46. The summed E-state index contributed by atoms with van der Waals surface area (Å²) in [4.78, 5) is 42.3. The Bertz CT molecular complexity index is 1100. The maximum absolute atomic E-state index is 13.8. The van der Waals surface area contributed by atoms with Crippen LogP contribution in [-0.2, 0) is 14.3 Å². The Balaban J connectivity index is 2.26. The summed E-state index contributed by atoms with van der Waals surface area (Å²) in [7, 11) is 1.38. The number of ether oxygens (including phenoxy) is 4. The highest BCUT2D eigenvalue weighted by Gasteiger charge is 2.35. The molecular weight excluding hydrogens is 493 g/mol. The summed E-state index contributed by atoms with van der Waals surface area (Å²) in [6.45, 7) is 10.6. The molecule has 9 heteroatoms. The zero-order valence-electron chi connectivity index (χ0n) is 23.2. The molecule has 2 aromatic rings. The van der Waals surface area contributed by atoms with Crippen molar-refractivity contribution in [3.63, 3.8) is 0 Å². The minimum Gasteiger partial charge on any atom is -0.493 e. The molecule has 0 aliphatic rings. The molecule has 1 aromatic heterocycles. The molecule has 0 N–H and O–H groups in total. The largest absolute Gasteiger partial charge is 0.493 e. The molecular formula is C29H38FNO7. The van der Waals surface area contributed by atoms with E-state index in [-0.39, 0.29) is 35.4 Å². The highest BCUT2D eigenvalue weighted by molar-refractivity contribution is 6.00. The van der Waals surface area contributed by atoms with Crippen molar-refractivity contribution < 1.29 is 37.7 Å². The average Bonchev–Trinajstić information content (AvgIpc) is 2.86.